The van der Waals surface area contributed by atoms with Gasteiger partial charge in [0.15, 0.2) is 0 Å². The zero-order chi connectivity index (χ0) is 22.2. The summed E-state index contributed by atoms with van der Waals surface area (Å²) in [5.41, 5.74) is 8.29. The van der Waals surface area contributed by atoms with Crippen LogP contribution in [0.3, 0.4) is 0 Å². The number of nitrogens with one attached hydrogen (secondary N) is 1. The zero-order valence-electron chi connectivity index (χ0n) is 18.5. The second-order valence-corrected chi connectivity index (χ2v) is 8.24. The third kappa shape index (κ3) is 3.75. The zero-order valence-corrected chi connectivity index (χ0v) is 18.5. The Bertz CT molecular complexity index is 1320. The molecule has 3 heterocycles. The van der Waals surface area contributed by atoms with Gasteiger partial charge in [0.05, 0.1) is 17.1 Å². The fraction of sp³-hybridized carbons (Fsp3) is 0.192. The Labute approximate surface area is 187 Å². The van der Waals surface area contributed by atoms with Crippen molar-refractivity contribution in [2.24, 2.45) is 0 Å². The lowest BCUT2D eigenvalue weighted by Gasteiger charge is -2.16. The van der Waals surface area contributed by atoms with Gasteiger partial charge in [-0.1, -0.05) is 18.2 Å². The Morgan fingerprint density at radius 3 is 2.72 bits per heavy atom. The van der Waals surface area contributed by atoms with Gasteiger partial charge in [-0.15, -0.1) is 0 Å². The van der Waals surface area contributed by atoms with Crippen LogP contribution in [-0.4, -0.2) is 27.2 Å². The number of carbonyl (C=O) groups is 1. The molecule has 0 unspecified atom stereocenters. The molecule has 1 aliphatic heterocycles. The first kappa shape index (κ1) is 20.0. The van der Waals surface area contributed by atoms with Crippen molar-refractivity contribution in [1.82, 2.24) is 14.8 Å². The van der Waals surface area contributed by atoms with E-state index in [4.69, 9.17) is 5.10 Å². The number of amides is 1. The van der Waals surface area contributed by atoms with E-state index in [2.05, 4.69) is 47.6 Å². The molecule has 0 saturated carbocycles. The van der Waals surface area contributed by atoms with Crippen molar-refractivity contribution in [3.8, 4) is 16.9 Å². The maximum atomic E-state index is 11.9. The molecule has 160 valence electrons. The number of rotatable bonds is 4. The van der Waals surface area contributed by atoms with E-state index in [0.717, 1.165) is 52.8 Å². The predicted octanol–water partition coefficient (Wildman–Crippen LogP) is 5.20. The smallest absolute Gasteiger partial charge is 0.223 e. The number of aryl methyl sites for hydroxylation is 2. The van der Waals surface area contributed by atoms with E-state index in [-0.39, 0.29) is 5.91 Å². The van der Waals surface area contributed by atoms with E-state index < -0.39 is 0 Å². The molecule has 0 saturated heterocycles. The summed E-state index contributed by atoms with van der Waals surface area (Å²) in [4.78, 5) is 18.3. The molecule has 2 aromatic heterocycles. The highest BCUT2D eigenvalue weighted by molar-refractivity contribution is 5.94. The summed E-state index contributed by atoms with van der Waals surface area (Å²) in [5.74, 6) is 0.810. The molecule has 6 nitrogen and oxygen atoms in total. The molecule has 1 N–H and O–H groups in total. The first-order valence-electron chi connectivity index (χ1n) is 10.8. The summed E-state index contributed by atoms with van der Waals surface area (Å²) in [6.45, 7) is 6.43. The van der Waals surface area contributed by atoms with Crippen LogP contribution in [0.25, 0.3) is 16.9 Å². The number of carbonyl (C=O) groups excluding carboxylic acids is 1. The van der Waals surface area contributed by atoms with Crippen LogP contribution in [0.5, 0.6) is 0 Å². The van der Waals surface area contributed by atoms with Crippen molar-refractivity contribution in [3.63, 3.8) is 0 Å². The van der Waals surface area contributed by atoms with E-state index in [1.54, 1.807) is 13.1 Å². The number of fused-ring (bicyclic) bond motifs is 1. The van der Waals surface area contributed by atoms with Gasteiger partial charge in [-0.3, -0.25) is 4.79 Å². The van der Waals surface area contributed by atoms with Crippen molar-refractivity contribution in [3.05, 3.63) is 83.7 Å². The van der Waals surface area contributed by atoms with E-state index >= 15 is 0 Å². The minimum absolute atomic E-state index is 0.0702. The number of pyridine rings is 1. The van der Waals surface area contributed by atoms with Gasteiger partial charge in [0.1, 0.15) is 5.82 Å². The van der Waals surface area contributed by atoms with Gasteiger partial charge >= 0.3 is 0 Å². The largest absolute Gasteiger partial charge is 0.340 e. The minimum atomic E-state index is 0.0702. The third-order valence-electron chi connectivity index (χ3n) is 5.77. The quantitative estimate of drug-likeness (QED) is 0.490. The average Bonchev–Trinajstić information content (AvgIpc) is 3.37. The van der Waals surface area contributed by atoms with E-state index in [9.17, 15) is 4.79 Å². The second-order valence-electron chi connectivity index (χ2n) is 8.24. The van der Waals surface area contributed by atoms with Crippen molar-refractivity contribution >= 4 is 23.1 Å². The molecule has 0 fully saturated rings. The molecule has 0 spiro atoms. The van der Waals surface area contributed by atoms with Crippen LogP contribution in [0.2, 0.25) is 0 Å². The second kappa shape index (κ2) is 7.96. The Hall–Kier alpha value is -3.93. The maximum Gasteiger partial charge on any atom is 0.223 e. The molecule has 5 rings (SSSR count). The van der Waals surface area contributed by atoms with Crippen LogP contribution in [-0.2, 0) is 11.2 Å². The molecule has 2 aromatic carbocycles. The first-order valence-corrected chi connectivity index (χ1v) is 10.8. The summed E-state index contributed by atoms with van der Waals surface area (Å²) in [7, 11) is 0. The molecule has 4 aromatic rings. The SMILES string of the molecule is CC(=O)N1CCc2ccc(Nc3cc(-c4cc(C)nn4-c4cccc(C)c4)ccn3)cc21. The van der Waals surface area contributed by atoms with E-state index in [1.165, 1.54) is 11.1 Å². The van der Waals surface area contributed by atoms with Gasteiger partial charge in [0.25, 0.3) is 0 Å². The fourth-order valence-corrected chi connectivity index (χ4v) is 4.25. The topological polar surface area (TPSA) is 63.1 Å². The van der Waals surface area contributed by atoms with Crippen LogP contribution >= 0.6 is 0 Å². The summed E-state index contributed by atoms with van der Waals surface area (Å²) in [5, 5.41) is 8.11. The van der Waals surface area contributed by atoms with Crippen molar-refractivity contribution in [1.29, 1.82) is 0 Å². The molecule has 1 aliphatic rings. The van der Waals surface area contributed by atoms with Crippen molar-refractivity contribution in [2.45, 2.75) is 27.2 Å². The molecule has 0 radical (unpaired) electrons. The van der Waals surface area contributed by atoms with Crippen LogP contribution in [0.1, 0.15) is 23.7 Å². The van der Waals surface area contributed by atoms with Crippen LogP contribution in [0.4, 0.5) is 17.2 Å². The van der Waals surface area contributed by atoms with E-state index in [1.807, 2.05) is 46.8 Å². The molecular weight excluding hydrogens is 398 g/mol. The lowest BCUT2D eigenvalue weighted by molar-refractivity contribution is -0.116. The number of hydrogen-bond acceptors (Lipinski definition) is 4. The first-order chi connectivity index (χ1) is 15.5. The van der Waals surface area contributed by atoms with Crippen LogP contribution < -0.4 is 10.2 Å². The summed E-state index contributed by atoms with van der Waals surface area (Å²) >= 11 is 0. The predicted molar refractivity (Wildman–Crippen MR) is 128 cm³/mol. The number of hydrogen-bond donors (Lipinski definition) is 1. The van der Waals surface area contributed by atoms with Gasteiger partial charge in [-0.25, -0.2) is 9.67 Å². The van der Waals surface area contributed by atoms with Crippen LogP contribution in [0, 0.1) is 13.8 Å². The van der Waals surface area contributed by atoms with Crippen LogP contribution in [0.15, 0.2) is 66.9 Å². The lowest BCUT2D eigenvalue weighted by atomic mass is 10.1. The number of aromatic nitrogens is 3. The Morgan fingerprint density at radius 2 is 1.91 bits per heavy atom. The highest BCUT2D eigenvalue weighted by Gasteiger charge is 2.22. The van der Waals surface area contributed by atoms with Gasteiger partial charge in [0, 0.05) is 36.6 Å². The van der Waals surface area contributed by atoms with Crippen molar-refractivity contribution in [2.75, 3.05) is 16.8 Å². The third-order valence-corrected chi connectivity index (χ3v) is 5.77. The standard InChI is InChI=1S/C26H25N5O/c1-17-5-4-6-23(13-17)31-25(14-18(2)29-31)21-9-11-27-26(15-21)28-22-8-7-20-10-12-30(19(3)32)24(20)16-22/h4-9,11,13-16H,10,12H2,1-3H3,(H,27,28). The molecule has 0 atom stereocenters. The summed E-state index contributed by atoms with van der Waals surface area (Å²) in [6, 6.07) is 20.6. The average molecular weight is 424 g/mol. The highest BCUT2D eigenvalue weighted by Crippen LogP contribution is 2.32. The summed E-state index contributed by atoms with van der Waals surface area (Å²) in [6.07, 6.45) is 2.70. The number of benzene rings is 2. The molecule has 32 heavy (non-hydrogen) atoms. The molecular formula is C26H25N5O. The monoisotopic (exact) mass is 423 g/mol. The number of anilines is 3. The molecule has 6 heteroatoms. The Morgan fingerprint density at radius 1 is 1.03 bits per heavy atom. The van der Waals surface area contributed by atoms with Gasteiger partial charge in [-0.05, 0) is 73.9 Å². The minimum Gasteiger partial charge on any atom is -0.340 e. The van der Waals surface area contributed by atoms with Gasteiger partial charge in [-0.2, -0.15) is 5.10 Å². The normalized spacial score (nSPS) is 12.7. The molecule has 0 bridgehead atoms. The van der Waals surface area contributed by atoms with Crippen molar-refractivity contribution < 1.29 is 4.79 Å². The Balaban J connectivity index is 1.47. The summed E-state index contributed by atoms with van der Waals surface area (Å²) < 4.78 is 1.97. The van der Waals surface area contributed by atoms with Gasteiger partial charge in [0.2, 0.25) is 5.91 Å². The molecule has 0 aliphatic carbocycles. The maximum absolute atomic E-state index is 11.9. The Kier molecular flexibility index (Phi) is 4.98. The van der Waals surface area contributed by atoms with Gasteiger partial charge < -0.3 is 10.2 Å². The fourth-order valence-electron chi connectivity index (χ4n) is 4.25. The lowest BCUT2D eigenvalue weighted by Crippen LogP contribution is -2.25. The molecule has 1 amide bonds. The number of nitrogens with zero attached hydrogens (tertiary/aromatic N) is 4. The highest BCUT2D eigenvalue weighted by atomic mass is 16.2. The van der Waals surface area contributed by atoms with E-state index in [0.29, 0.717) is 0 Å².